The number of nitrogens with one attached hydrogen (secondary N) is 1. The molecule has 0 atom stereocenters. The standard InChI is InChI=1S/C23H20Br2Cl2N2O2S/c24-16-8-14(9-17(25)21(16)31-12-13-6-7-18(26)19(27)10-13)11-20-22(30)29(23(32)28-20)15-4-2-1-3-5-15/h6-11,15H,1-5,12H2,(H,28,32)/b20-11-. The van der Waals surface area contributed by atoms with Gasteiger partial charge in [0.05, 0.1) is 19.0 Å². The van der Waals surface area contributed by atoms with E-state index in [0.29, 0.717) is 33.2 Å². The maximum absolute atomic E-state index is 13.0. The molecule has 1 saturated heterocycles. The van der Waals surface area contributed by atoms with Crippen LogP contribution in [0.15, 0.2) is 45.0 Å². The van der Waals surface area contributed by atoms with E-state index in [4.69, 9.17) is 40.2 Å². The predicted octanol–water partition coefficient (Wildman–Crippen LogP) is 7.49. The quantitative estimate of drug-likeness (QED) is 0.279. The van der Waals surface area contributed by atoms with Crippen LogP contribution in [0.3, 0.4) is 0 Å². The fourth-order valence-corrected chi connectivity index (χ4v) is 6.09. The van der Waals surface area contributed by atoms with Crippen LogP contribution < -0.4 is 10.1 Å². The molecular weight excluding hydrogens is 599 g/mol. The number of hydrogen-bond acceptors (Lipinski definition) is 3. The lowest BCUT2D eigenvalue weighted by Crippen LogP contribution is -2.41. The van der Waals surface area contributed by atoms with Crippen molar-refractivity contribution in [3.63, 3.8) is 0 Å². The predicted molar refractivity (Wildman–Crippen MR) is 140 cm³/mol. The van der Waals surface area contributed by atoms with E-state index in [1.807, 2.05) is 24.3 Å². The molecule has 2 aromatic carbocycles. The maximum Gasteiger partial charge on any atom is 0.276 e. The Morgan fingerprint density at radius 1 is 1.09 bits per heavy atom. The number of hydrogen-bond donors (Lipinski definition) is 1. The van der Waals surface area contributed by atoms with E-state index < -0.39 is 0 Å². The molecular formula is C23H20Br2Cl2N2O2S. The largest absolute Gasteiger partial charge is 0.487 e. The van der Waals surface area contributed by atoms with Crippen LogP contribution in [0.5, 0.6) is 5.75 Å². The Morgan fingerprint density at radius 3 is 2.44 bits per heavy atom. The number of amides is 1. The molecule has 0 spiro atoms. The summed E-state index contributed by atoms with van der Waals surface area (Å²) >= 11 is 24.7. The highest BCUT2D eigenvalue weighted by molar-refractivity contribution is 9.11. The third kappa shape index (κ3) is 5.33. The van der Waals surface area contributed by atoms with Crippen molar-refractivity contribution in [3.05, 3.63) is 66.1 Å². The van der Waals surface area contributed by atoms with Crippen LogP contribution in [0, 0.1) is 0 Å². The fourth-order valence-electron chi connectivity index (χ4n) is 3.97. The van der Waals surface area contributed by atoms with Crippen molar-refractivity contribution in [1.82, 2.24) is 10.2 Å². The fraction of sp³-hybridized carbons (Fsp3) is 0.304. The van der Waals surface area contributed by atoms with E-state index in [2.05, 4.69) is 37.2 Å². The highest BCUT2D eigenvalue weighted by atomic mass is 79.9. The molecule has 9 heteroatoms. The van der Waals surface area contributed by atoms with Crippen LogP contribution in [0.4, 0.5) is 0 Å². The minimum atomic E-state index is -0.0610. The Hall–Kier alpha value is -1.12. The molecule has 1 heterocycles. The molecule has 1 saturated carbocycles. The molecule has 0 radical (unpaired) electrons. The summed E-state index contributed by atoms with van der Waals surface area (Å²) in [5.74, 6) is 0.595. The molecule has 32 heavy (non-hydrogen) atoms. The minimum absolute atomic E-state index is 0.0610. The molecule has 2 fully saturated rings. The molecule has 1 aliphatic heterocycles. The van der Waals surface area contributed by atoms with Gasteiger partial charge in [0, 0.05) is 6.04 Å². The van der Waals surface area contributed by atoms with Crippen LogP contribution in [-0.2, 0) is 11.4 Å². The lowest BCUT2D eigenvalue weighted by Gasteiger charge is -2.29. The van der Waals surface area contributed by atoms with Crippen molar-refractivity contribution in [2.45, 2.75) is 44.8 Å². The summed E-state index contributed by atoms with van der Waals surface area (Å²) in [5.41, 5.74) is 2.24. The Bertz CT molecular complexity index is 1080. The summed E-state index contributed by atoms with van der Waals surface area (Å²) in [7, 11) is 0. The van der Waals surface area contributed by atoms with Crippen molar-refractivity contribution in [1.29, 1.82) is 0 Å². The first-order valence-corrected chi connectivity index (χ1v) is 13.0. The minimum Gasteiger partial charge on any atom is -0.487 e. The smallest absolute Gasteiger partial charge is 0.276 e. The van der Waals surface area contributed by atoms with E-state index in [0.717, 1.165) is 45.8 Å². The summed E-state index contributed by atoms with van der Waals surface area (Å²) in [4.78, 5) is 14.8. The van der Waals surface area contributed by atoms with Crippen LogP contribution in [0.1, 0.15) is 43.2 Å². The number of benzene rings is 2. The number of rotatable bonds is 5. The number of nitrogens with zero attached hydrogens (tertiary/aromatic N) is 1. The first-order valence-electron chi connectivity index (χ1n) is 10.3. The highest BCUT2D eigenvalue weighted by Gasteiger charge is 2.36. The molecule has 4 rings (SSSR count). The molecule has 0 unspecified atom stereocenters. The average molecular weight is 619 g/mol. The number of carbonyl (C=O) groups is 1. The number of carbonyl (C=O) groups excluding carboxylic acids is 1. The topological polar surface area (TPSA) is 41.6 Å². The SMILES string of the molecule is O=C1/C(=C/c2cc(Br)c(OCc3ccc(Cl)c(Cl)c3)c(Br)c2)NC(=S)N1C1CCCCC1. The summed E-state index contributed by atoms with van der Waals surface area (Å²) in [6.45, 7) is 0.333. The van der Waals surface area contributed by atoms with Gasteiger partial charge in [-0.05, 0) is 98.4 Å². The molecule has 1 aliphatic carbocycles. The van der Waals surface area contributed by atoms with E-state index in [1.165, 1.54) is 6.42 Å². The summed E-state index contributed by atoms with van der Waals surface area (Å²) < 4.78 is 7.50. The van der Waals surface area contributed by atoms with Gasteiger partial charge in [0.15, 0.2) is 5.11 Å². The number of ether oxygens (including phenoxy) is 1. The second kappa shape index (κ2) is 10.4. The first-order chi connectivity index (χ1) is 15.3. The molecule has 1 amide bonds. The van der Waals surface area contributed by atoms with Gasteiger partial charge in [0.1, 0.15) is 18.1 Å². The summed E-state index contributed by atoms with van der Waals surface area (Å²) in [6, 6.07) is 9.40. The van der Waals surface area contributed by atoms with Crippen molar-refractivity contribution >= 4 is 84.4 Å². The first kappa shape index (κ1) is 24.0. The van der Waals surface area contributed by atoms with Gasteiger partial charge < -0.3 is 10.1 Å². The lowest BCUT2D eigenvalue weighted by molar-refractivity contribution is -0.124. The Morgan fingerprint density at radius 2 is 1.78 bits per heavy atom. The highest BCUT2D eigenvalue weighted by Crippen LogP contribution is 2.36. The monoisotopic (exact) mass is 616 g/mol. The zero-order valence-electron chi connectivity index (χ0n) is 17.0. The molecule has 4 nitrogen and oxygen atoms in total. The summed E-state index contributed by atoms with van der Waals surface area (Å²) in [5, 5.41) is 4.58. The van der Waals surface area contributed by atoms with Crippen molar-refractivity contribution < 1.29 is 9.53 Å². The van der Waals surface area contributed by atoms with E-state index >= 15 is 0 Å². The van der Waals surface area contributed by atoms with Gasteiger partial charge in [0.25, 0.3) is 5.91 Å². The van der Waals surface area contributed by atoms with Gasteiger partial charge in [-0.1, -0.05) is 48.5 Å². The normalized spacial score (nSPS) is 18.4. The van der Waals surface area contributed by atoms with Gasteiger partial charge in [-0.25, -0.2) is 0 Å². The van der Waals surface area contributed by atoms with E-state index in [-0.39, 0.29) is 11.9 Å². The third-order valence-electron chi connectivity index (χ3n) is 5.55. The van der Waals surface area contributed by atoms with Crippen LogP contribution >= 0.6 is 67.3 Å². The average Bonchev–Trinajstić information content (AvgIpc) is 3.03. The molecule has 0 bridgehead atoms. The maximum atomic E-state index is 13.0. The molecule has 1 N–H and O–H groups in total. The van der Waals surface area contributed by atoms with E-state index in [1.54, 1.807) is 17.0 Å². The molecule has 2 aromatic rings. The van der Waals surface area contributed by atoms with Crippen molar-refractivity contribution in [2.24, 2.45) is 0 Å². The zero-order chi connectivity index (χ0) is 22.8. The lowest BCUT2D eigenvalue weighted by atomic mass is 9.94. The van der Waals surface area contributed by atoms with Gasteiger partial charge in [-0.3, -0.25) is 9.69 Å². The Balaban J connectivity index is 1.50. The van der Waals surface area contributed by atoms with Crippen molar-refractivity contribution in [2.75, 3.05) is 0 Å². The van der Waals surface area contributed by atoms with Crippen LogP contribution in [0.25, 0.3) is 6.08 Å². The van der Waals surface area contributed by atoms with Crippen molar-refractivity contribution in [3.8, 4) is 5.75 Å². The number of thiocarbonyl (C=S) groups is 1. The zero-order valence-corrected chi connectivity index (χ0v) is 22.5. The van der Waals surface area contributed by atoms with Gasteiger partial charge in [-0.15, -0.1) is 0 Å². The molecule has 2 aliphatic rings. The summed E-state index contributed by atoms with van der Waals surface area (Å²) in [6.07, 6.45) is 7.32. The second-order valence-corrected chi connectivity index (χ2v) is 10.7. The third-order valence-corrected chi connectivity index (χ3v) is 7.76. The van der Waals surface area contributed by atoms with Gasteiger partial charge in [-0.2, -0.15) is 0 Å². The van der Waals surface area contributed by atoms with Gasteiger partial charge in [0.2, 0.25) is 0 Å². The van der Waals surface area contributed by atoms with Crippen LogP contribution in [-0.4, -0.2) is 22.0 Å². The molecule has 168 valence electrons. The van der Waals surface area contributed by atoms with E-state index in [9.17, 15) is 4.79 Å². The Labute approximate surface area is 219 Å². The van der Waals surface area contributed by atoms with Gasteiger partial charge >= 0.3 is 0 Å². The Kier molecular flexibility index (Phi) is 7.83. The number of halogens is 4. The molecule has 0 aromatic heterocycles. The van der Waals surface area contributed by atoms with Crippen LogP contribution in [0.2, 0.25) is 10.0 Å². The second-order valence-electron chi connectivity index (χ2n) is 7.81.